The number of amides is 1. The monoisotopic (exact) mass is 280 g/mol. The first kappa shape index (κ1) is 11.6. The third-order valence-electron chi connectivity index (χ3n) is 3.52. The van der Waals surface area contributed by atoms with Crippen LogP contribution in [-0.4, -0.2) is 10.9 Å². The molecule has 0 radical (unpaired) electrons. The molecule has 4 heteroatoms. The zero-order valence-corrected chi connectivity index (χ0v) is 11.8. The molecule has 2 aromatic carbocycles. The highest BCUT2D eigenvalue weighted by Crippen LogP contribution is 2.34. The van der Waals surface area contributed by atoms with Crippen LogP contribution >= 0.6 is 11.3 Å². The molecule has 1 aromatic heterocycles. The minimum absolute atomic E-state index is 0.0667. The van der Waals surface area contributed by atoms with Crippen molar-refractivity contribution in [2.45, 2.75) is 13.3 Å². The van der Waals surface area contributed by atoms with Crippen molar-refractivity contribution in [1.29, 1.82) is 0 Å². The number of thiazole rings is 1. The molecular formula is C16H12N2OS. The van der Waals surface area contributed by atoms with E-state index in [1.165, 1.54) is 10.3 Å². The summed E-state index contributed by atoms with van der Waals surface area (Å²) in [4.78, 5) is 16.1. The van der Waals surface area contributed by atoms with Gasteiger partial charge in [0, 0.05) is 11.3 Å². The van der Waals surface area contributed by atoms with E-state index in [1.807, 2.05) is 12.1 Å². The summed E-state index contributed by atoms with van der Waals surface area (Å²) in [6.45, 7) is 2.09. The van der Waals surface area contributed by atoms with Gasteiger partial charge in [-0.3, -0.25) is 4.79 Å². The fourth-order valence-electron chi connectivity index (χ4n) is 2.52. The minimum Gasteiger partial charge on any atom is -0.326 e. The van der Waals surface area contributed by atoms with E-state index in [9.17, 15) is 4.79 Å². The molecule has 0 saturated carbocycles. The first-order valence-electron chi connectivity index (χ1n) is 6.49. The Morgan fingerprint density at radius 1 is 1.20 bits per heavy atom. The number of aryl methyl sites for hydroxylation is 1. The van der Waals surface area contributed by atoms with E-state index >= 15 is 0 Å². The molecule has 0 unspecified atom stereocenters. The number of carbonyl (C=O) groups is 1. The Hall–Kier alpha value is -2.20. The van der Waals surface area contributed by atoms with Crippen LogP contribution in [0.4, 0.5) is 5.69 Å². The van der Waals surface area contributed by atoms with Gasteiger partial charge in [0.2, 0.25) is 5.91 Å². The van der Waals surface area contributed by atoms with Crippen LogP contribution in [0.1, 0.15) is 11.1 Å². The summed E-state index contributed by atoms with van der Waals surface area (Å²) >= 11 is 1.69. The van der Waals surface area contributed by atoms with Crippen molar-refractivity contribution < 1.29 is 4.79 Å². The minimum atomic E-state index is 0.0667. The van der Waals surface area contributed by atoms with Gasteiger partial charge < -0.3 is 5.32 Å². The highest BCUT2D eigenvalue weighted by Gasteiger charge is 2.18. The third-order valence-corrected chi connectivity index (χ3v) is 4.59. The van der Waals surface area contributed by atoms with Gasteiger partial charge in [-0.05, 0) is 48.4 Å². The number of fused-ring (bicyclic) bond motifs is 2. The summed E-state index contributed by atoms with van der Waals surface area (Å²) < 4.78 is 1.20. The van der Waals surface area contributed by atoms with Crippen molar-refractivity contribution in [2.24, 2.45) is 0 Å². The largest absolute Gasteiger partial charge is 0.326 e. The highest BCUT2D eigenvalue weighted by atomic mass is 32.1. The van der Waals surface area contributed by atoms with Crippen molar-refractivity contribution in [3.8, 4) is 10.6 Å². The molecule has 1 amide bonds. The fraction of sp³-hybridized carbons (Fsp3) is 0.125. The van der Waals surface area contributed by atoms with Crippen molar-refractivity contribution in [3.05, 3.63) is 47.5 Å². The van der Waals surface area contributed by atoms with E-state index < -0.39 is 0 Å². The molecule has 0 saturated heterocycles. The second kappa shape index (κ2) is 4.15. The van der Waals surface area contributed by atoms with Crippen molar-refractivity contribution >= 4 is 33.1 Å². The topological polar surface area (TPSA) is 42.0 Å². The van der Waals surface area contributed by atoms with Crippen molar-refractivity contribution in [2.75, 3.05) is 5.32 Å². The van der Waals surface area contributed by atoms with Gasteiger partial charge in [-0.15, -0.1) is 11.3 Å². The number of aromatic nitrogens is 1. The number of carbonyl (C=O) groups excluding carboxylic acids is 1. The van der Waals surface area contributed by atoms with E-state index in [2.05, 4.69) is 41.5 Å². The van der Waals surface area contributed by atoms with Gasteiger partial charge in [0.05, 0.1) is 16.6 Å². The summed E-state index contributed by atoms with van der Waals surface area (Å²) in [5, 5.41) is 3.86. The summed E-state index contributed by atoms with van der Waals surface area (Å²) in [7, 11) is 0. The molecule has 0 atom stereocenters. The third kappa shape index (κ3) is 1.80. The maximum Gasteiger partial charge on any atom is 0.228 e. The van der Waals surface area contributed by atoms with E-state index in [4.69, 9.17) is 0 Å². The number of benzene rings is 2. The van der Waals surface area contributed by atoms with Gasteiger partial charge in [-0.1, -0.05) is 6.07 Å². The Bertz CT molecular complexity index is 851. The quantitative estimate of drug-likeness (QED) is 0.737. The van der Waals surface area contributed by atoms with Gasteiger partial charge in [-0.2, -0.15) is 0 Å². The molecule has 0 spiro atoms. The van der Waals surface area contributed by atoms with Crippen LogP contribution in [0.5, 0.6) is 0 Å². The second-order valence-corrected chi connectivity index (χ2v) is 6.12. The van der Waals surface area contributed by atoms with E-state index in [-0.39, 0.29) is 5.91 Å². The molecule has 1 N–H and O–H groups in total. The van der Waals surface area contributed by atoms with Crippen molar-refractivity contribution in [1.82, 2.24) is 4.98 Å². The highest BCUT2D eigenvalue weighted by molar-refractivity contribution is 7.21. The van der Waals surface area contributed by atoms with E-state index in [0.717, 1.165) is 27.3 Å². The Morgan fingerprint density at radius 3 is 3.00 bits per heavy atom. The number of hydrogen-bond acceptors (Lipinski definition) is 3. The molecule has 98 valence electrons. The normalized spacial score (nSPS) is 13.6. The van der Waals surface area contributed by atoms with Crippen LogP contribution in [0, 0.1) is 6.92 Å². The molecule has 3 nitrogen and oxygen atoms in total. The molecule has 3 aromatic rings. The molecule has 0 bridgehead atoms. The number of nitrogens with zero attached hydrogens (tertiary/aromatic N) is 1. The molecular weight excluding hydrogens is 268 g/mol. The average Bonchev–Trinajstić information content (AvgIpc) is 2.99. The molecule has 2 heterocycles. The lowest BCUT2D eigenvalue weighted by Gasteiger charge is -2.00. The predicted octanol–water partition coefficient (Wildman–Crippen LogP) is 3.77. The second-order valence-electron chi connectivity index (χ2n) is 5.09. The van der Waals surface area contributed by atoms with Gasteiger partial charge in [-0.25, -0.2) is 4.98 Å². The van der Waals surface area contributed by atoms with Crippen LogP contribution in [0.25, 0.3) is 20.8 Å². The lowest BCUT2D eigenvalue weighted by Crippen LogP contribution is -2.03. The zero-order valence-electron chi connectivity index (χ0n) is 10.9. The van der Waals surface area contributed by atoms with Crippen LogP contribution in [0.3, 0.4) is 0 Å². The maximum absolute atomic E-state index is 11.4. The van der Waals surface area contributed by atoms with E-state index in [1.54, 1.807) is 11.3 Å². The Labute approximate surface area is 120 Å². The molecule has 0 aliphatic carbocycles. The van der Waals surface area contributed by atoms with Crippen LogP contribution in [0.2, 0.25) is 0 Å². The number of anilines is 1. The smallest absolute Gasteiger partial charge is 0.228 e. The lowest BCUT2D eigenvalue weighted by atomic mass is 10.1. The van der Waals surface area contributed by atoms with Gasteiger partial charge in [0.15, 0.2) is 0 Å². The zero-order chi connectivity index (χ0) is 13.7. The number of rotatable bonds is 1. The predicted molar refractivity (Wildman–Crippen MR) is 82.1 cm³/mol. The average molecular weight is 280 g/mol. The maximum atomic E-state index is 11.4. The molecule has 0 fully saturated rings. The number of hydrogen-bond donors (Lipinski definition) is 1. The Balaban J connectivity index is 1.83. The van der Waals surface area contributed by atoms with Crippen molar-refractivity contribution in [3.63, 3.8) is 0 Å². The summed E-state index contributed by atoms with van der Waals surface area (Å²) in [6.07, 6.45) is 0.465. The first-order chi connectivity index (χ1) is 9.69. The molecule has 1 aliphatic heterocycles. The number of nitrogens with one attached hydrogen (secondary N) is 1. The van der Waals surface area contributed by atoms with Gasteiger partial charge in [0.25, 0.3) is 0 Å². The molecule has 4 rings (SSSR count). The summed E-state index contributed by atoms with van der Waals surface area (Å²) in [5.41, 5.74) is 5.35. The van der Waals surface area contributed by atoms with Gasteiger partial charge >= 0.3 is 0 Å². The lowest BCUT2D eigenvalue weighted by molar-refractivity contribution is -0.115. The standard InChI is InChI=1S/C16H12N2OS/c1-9-2-4-13-14(6-9)20-16(18-13)10-3-5-12-11(7-10)8-15(19)17-12/h2-7H,8H2,1H3,(H,17,19). The van der Waals surface area contributed by atoms with E-state index in [0.29, 0.717) is 6.42 Å². The van der Waals surface area contributed by atoms with Gasteiger partial charge in [0.1, 0.15) is 5.01 Å². The SMILES string of the molecule is Cc1ccc2nc(-c3ccc4c(c3)CC(=O)N4)sc2c1. The van der Waals surface area contributed by atoms with Crippen LogP contribution in [-0.2, 0) is 11.2 Å². The van der Waals surface area contributed by atoms with Crippen LogP contribution in [0.15, 0.2) is 36.4 Å². The summed E-state index contributed by atoms with van der Waals surface area (Å²) in [5.74, 6) is 0.0667. The molecule has 20 heavy (non-hydrogen) atoms. The Morgan fingerprint density at radius 2 is 2.10 bits per heavy atom. The molecule has 1 aliphatic rings. The first-order valence-corrected chi connectivity index (χ1v) is 7.31. The van der Waals surface area contributed by atoms with Crippen LogP contribution < -0.4 is 5.32 Å². The summed E-state index contributed by atoms with van der Waals surface area (Å²) in [6, 6.07) is 12.4. The fourth-order valence-corrected chi connectivity index (χ4v) is 3.58. The Kier molecular flexibility index (Phi) is 2.41.